The van der Waals surface area contributed by atoms with Gasteiger partial charge in [0.05, 0.1) is 23.0 Å². The second kappa shape index (κ2) is 7.91. The second-order valence-electron chi connectivity index (χ2n) is 5.61. The van der Waals surface area contributed by atoms with Gasteiger partial charge in [-0.15, -0.1) is 0 Å². The van der Waals surface area contributed by atoms with Gasteiger partial charge >= 0.3 is 0 Å². The molecular formula is C15H28ClN3. The van der Waals surface area contributed by atoms with Crippen molar-refractivity contribution in [3.05, 3.63) is 16.9 Å². The maximum absolute atomic E-state index is 6.38. The van der Waals surface area contributed by atoms with Gasteiger partial charge in [-0.3, -0.25) is 4.68 Å². The molecule has 1 N–H and O–H groups in total. The summed E-state index contributed by atoms with van der Waals surface area (Å²) in [5, 5.41) is 8.86. The van der Waals surface area contributed by atoms with E-state index >= 15 is 0 Å². The maximum Gasteiger partial charge on any atom is 0.0834 e. The van der Waals surface area contributed by atoms with Crippen molar-refractivity contribution in [2.45, 2.75) is 66.0 Å². The molecule has 1 heterocycles. The van der Waals surface area contributed by atoms with Gasteiger partial charge in [0.2, 0.25) is 0 Å². The molecule has 0 aliphatic rings. The van der Waals surface area contributed by atoms with E-state index in [2.05, 4.69) is 49.7 Å². The molecule has 2 atom stereocenters. The van der Waals surface area contributed by atoms with Crippen molar-refractivity contribution in [2.24, 2.45) is 5.92 Å². The lowest BCUT2D eigenvalue weighted by Crippen LogP contribution is -2.30. The number of halogens is 1. The largest absolute Gasteiger partial charge is 0.308 e. The number of hydrogen-bond acceptors (Lipinski definition) is 2. The van der Waals surface area contributed by atoms with E-state index in [1.165, 1.54) is 12.8 Å². The highest BCUT2D eigenvalue weighted by atomic mass is 35.5. The molecule has 0 aliphatic carbocycles. The zero-order valence-corrected chi connectivity index (χ0v) is 13.7. The fourth-order valence-corrected chi connectivity index (χ4v) is 2.79. The lowest BCUT2D eigenvalue weighted by Gasteiger charge is -2.27. The van der Waals surface area contributed by atoms with Crippen LogP contribution >= 0.6 is 11.6 Å². The summed E-state index contributed by atoms with van der Waals surface area (Å²) in [6.07, 6.45) is 5.29. The Morgan fingerprint density at radius 3 is 2.47 bits per heavy atom. The van der Waals surface area contributed by atoms with Crippen molar-refractivity contribution in [2.75, 3.05) is 6.54 Å². The van der Waals surface area contributed by atoms with Gasteiger partial charge < -0.3 is 5.32 Å². The van der Waals surface area contributed by atoms with E-state index in [1.807, 2.05) is 0 Å². The topological polar surface area (TPSA) is 29.9 Å². The Balaban J connectivity index is 3.05. The first kappa shape index (κ1) is 16.5. The molecule has 0 radical (unpaired) electrons. The Labute approximate surface area is 122 Å². The molecule has 0 aliphatic heterocycles. The maximum atomic E-state index is 6.38. The first-order valence-corrected chi connectivity index (χ1v) is 7.86. The van der Waals surface area contributed by atoms with E-state index in [9.17, 15) is 0 Å². The predicted octanol–water partition coefficient (Wildman–Crippen LogP) is 4.59. The Hall–Kier alpha value is -0.540. The average Bonchev–Trinajstić information content (AvgIpc) is 2.73. The molecule has 0 saturated heterocycles. The van der Waals surface area contributed by atoms with E-state index < -0.39 is 0 Å². The summed E-state index contributed by atoms with van der Waals surface area (Å²) in [6, 6.07) is 0.625. The van der Waals surface area contributed by atoms with Crippen molar-refractivity contribution in [3.8, 4) is 0 Å². The summed E-state index contributed by atoms with van der Waals surface area (Å²) in [5.41, 5.74) is 1.14. The number of nitrogens with one attached hydrogen (secondary N) is 1. The summed E-state index contributed by atoms with van der Waals surface area (Å²) >= 11 is 6.38. The van der Waals surface area contributed by atoms with Crippen LogP contribution in [0.2, 0.25) is 5.02 Å². The van der Waals surface area contributed by atoms with E-state index in [0.29, 0.717) is 12.0 Å². The number of rotatable bonds is 8. The number of nitrogens with zero attached hydrogens (tertiary/aromatic N) is 2. The molecule has 0 aromatic carbocycles. The summed E-state index contributed by atoms with van der Waals surface area (Å²) in [7, 11) is 0. The summed E-state index contributed by atoms with van der Waals surface area (Å²) in [6.45, 7) is 12.0. The molecule has 4 heteroatoms. The third-order valence-corrected chi connectivity index (χ3v) is 3.79. The quantitative estimate of drug-likeness (QED) is 0.757. The molecule has 0 spiro atoms. The molecule has 1 rings (SSSR count). The second-order valence-corrected chi connectivity index (χ2v) is 6.02. The van der Waals surface area contributed by atoms with Gasteiger partial charge in [0.15, 0.2) is 0 Å². The van der Waals surface area contributed by atoms with Crippen molar-refractivity contribution in [3.63, 3.8) is 0 Å². The van der Waals surface area contributed by atoms with Gasteiger partial charge in [0.1, 0.15) is 0 Å². The third kappa shape index (κ3) is 4.22. The SMILES string of the molecule is CCCNC(c1c(Cl)cnn1C(C)C)C(C)CCC. The molecule has 110 valence electrons. The number of aromatic nitrogens is 2. The summed E-state index contributed by atoms with van der Waals surface area (Å²) in [4.78, 5) is 0. The fourth-order valence-electron chi connectivity index (χ4n) is 2.54. The Kier molecular flexibility index (Phi) is 6.87. The van der Waals surface area contributed by atoms with Crippen molar-refractivity contribution in [1.29, 1.82) is 0 Å². The van der Waals surface area contributed by atoms with Crippen LogP contribution in [0.3, 0.4) is 0 Å². The van der Waals surface area contributed by atoms with Crippen molar-refractivity contribution < 1.29 is 0 Å². The van der Waals surface area contributed by atoms with Crippen molar-refractivity contribution in [1.82, 2.24) is 15.1 Å². The fraction of sp³-hybridized carbons (Fsp3) is 0.800. The number of hydrogen-bond donors (Lipinski definition) is 1. The molecule has 0 saturated carbocycles. The van der Waals surface area contributed by atoms with Crippen LogP contribution in [0.1, 0.15) is 71.7 Å². The van der Waals surface area contributed by atoms with Crippen LogP contribution in [0.4, 0.5) is 0 Å². The molecule has 1 aromatic rings. The van der Waals surface area contributed by atoms with Crippen molar-refractivity contribution >= 4 is 11.6 Å². The monoisotopic (exact) mass is 285 g/mol. The minimum atomic E-state index is 0.289. The third-order valence-electron chi connectivity index (χ3n) is 3.50. The first-order valence-electron chi connectivity index (χ1n) is 7.49. The van der Waals surface area contributed by atoms with Crippen LogP contribution in [-0.2, 0) is 0 Å². The molecule has 2 unspecified atom stereocenters. The standard InChI is InChI=1S/C15H28ClN3/c1-6-8-12(5)14(17-9-7-2)15-13(16)10-18-19(15)11(3)4/h10-12,14,17H,6-9H2,1-5H3. The van der Waals surface area contributed by atoms with Gasteiger partial charge in [-0.25, -0.2) is 0 Å². The van der Waals surface area contributed by atoms with E-state index in [1.54, 1.807) is 6.20 Å². The Morgan fingerprint density at radius 2 is 1.95 bits per heavy atom. The van der Waals surface area contributed by atoms with E-state index in [0.717, 1.165) is 23.7 Å². The summed E-state index contributed by atoms with van der Waals surface area (Å²) < 4.78 is 2.06. The molecule has 1 aromatic heterocycles. The average molecular weight is 286 g/mol. The van der Waals surface area contributed by atoms with Crippen LogP contribution in [0.5, 0.6) is 0 Å². The highest BCUT2D eigenvalue weighted by molar-refractivity contribution is 6.31. The van der Waals surface area contributed by atoms with Crippen LogP contribution in [-0.4, -0.2) is 16.3 Å². The van der Waals surface area contributed by atoms with Crippen LogP contribution in [0, 0.1) is 5.92 Å². The normalized spacial score (nSPS) is 14.9. The zero-order chi connectivity index (χ0) is 14.4. The van der Waals surface area contributed by atoms with Gasteiger partial charge in [0, 0.05) is 6.04 Å². The van der Waals surface area contributed by atoms with Gasteiger partial charge in [0.25, 0.3) is 0 Å². The van der Waals surface area contributed by atoms with Gasteiger partial charge in [-0.1, -0.05) is 38.8 Å². The molecule has 0 bridgehead atoms. The van der Waals surface area contributed by atoms with E-state index in [-0.39, 0.29) is 6.04 Å². The van der Waals surface area contributed by atoms with Gasteiger partial charge in [-0.2, -0.15) is 5.10 Å². The Bertz CT molecular complexity index is 373. The predicted molar refractivity (Wildman–Crippen MR) is 82.7 cm³/mol. The lowest BCUT2D eigenvalue weighted by atomic mass is 9.94. The molecule has 19 heavy (non-hydrogen) atoms. The zero-order valence-electron chi connectivity index (χ0n) is 12.9. The minimum Gasteiger partial charge on any atom is -0.308 e. The highest BCUT2D eigenvalue weighted by Crippen LogP contribution is 2.32. The molecule has 3 nitrogen and oxygen atoms in total. The summed E-state index contributed by atoms with van der Waals surface area (Å²) in [5.74, 6) is 0.559. The van der Waals surface area contributed by atoms with Gasteiger partial charge in [-0.05, 0) is 39.2 Å². The Morgan fingerprint density at radius 1 is 1.26 bits per heavy atom. The van der Waals surface area contributed by atoms with Crippen LogP contribution in [0.25, 0.3) is 0 Å². The molecular weight excluding hydrogens is 258 g/mol. The smallest absolute Gasteiger partial charge is 0.0834 e. The molecule has 0 fully saturated rings. The highest BCUT2D eigenvalue weighted by Gasteiger charge is 2.25. The molecule has 0 amide bonds. The minimum absolute atomic E-state index is 0.289. The lowest BCUT2D eigenvalue weighted by molar-refractivity contribution is 0.334. The van der Waals surface area contributed by atoms with Crippen LogP contribution < -0.4 is 5.32 Å². The first-order chi connectivity index (χ1) is 9.02. The van der Waals surface area contributed by atoms with E-state index in [4.69, 9.17) is 11.6 Å². The van der Waals surface area contributed by atoms with Crippen LogP contribution in [0.15, 0.2) is 6.20 Å².